The molecule has 2 rings (SSSR count). The Morgan fingerprint density at radius 1 is 1.19 bits per heavy atom. The van der Waals surface area contributed by atoms with E-state index in [1.165, 1.54) is 20.5 Å². The van der Waals surface area contributed by atoms with Crippen molar-refractivity contribution in [2.75, 3.05) is 14.2 Å². The van der Waals surface area contributed by atoms with Gasteiger partial charge in [-0.05, 0) is 22.0 Å². The molecule has 1 aromatic heterocycles. The van der Waals surface area contributed by atoms with Gasteiger partial charge in [0.1, 0.15) is 16.3 Å². The number of hydrogen-bond acceptors (Lipinski definition) is 4. The molecule has 0 unspecified atom stereocenters. The third-order valence-corrected chi connectivity index (χ3v) is 2.78. The Bertz CT molecular complexity index is 588. The van der Waals surface area contributed by atoms with Gasteiger partial charge in [0.25, 0.3) is 0 Å². The van der Waals surface area contributed by atoms with Crippen LogP contribution in [0.15, 0.2) is 32.1 Å². The molecule has 1 aromatic carbocycles. The summed E-state index contributed by atoms with van der Waals surface area (Å²) in [5, 5.41) is 0.451. The van der Waals surface area contributed by atoms with Gasteiger partial charge in [0, 0.05) is 6.07 Å². The molecule has 0 spiro atoms. The van der Waals surface area contributed by atoms with Gasteiger partial charge in [-0.2, -0.15) is 0 Å². The minimum Gasteiger partial charge on any atom is -0.493 e. The largest absolute Gasteiger partial charge is 0.493 e. The Balaban J connectivity index is 2.84. The van der Waals surface area contributed by atoms with E-state index in [4.69, 9.17) is 13.9 Å². The van der Waals surface area contributed by atoms with E-state index in [1.54, 1.807) is 12.1 Å². The molecule has 1 heterocycles. The van der Waals surface area contributed by atoms with E-state index in [9.17, 15) is 4.79 Å². The Morgan fingerprint density at radius 2 is 1.81 bits per heavy atom. The lowest BCUT2D eigenvalue weighted by Gasteiger charge is -2.08. The molecule has 0 aliphatic carbocycles. The van der Waals surface area contributed by atoms with Gasteiger partial charge in [-0.3, -0.25) is 4.79 Å². The van der Waals surface area contributed by atoms with Crippen LogP contribution in [0, 0.1) is 0 Å². The summed E-state index contributed by atoms with van der Waals surface area (Å²) in [6.07, 6.45) is 1.36. The van der Waals surface area contributed by atoms with Gasteiger partial charge in [0.15, 0.2) is 11.5 Å². The van der Waals surface area contributed by atoms with Crippen molar-refractivity contribution >= 4 is 26.9 Å². The van der Waals surface area contributed by atoms with E-state index in [1.807, 2.05) is 0 Å². The second-order valence-corrected chi connectivity index (χ2v) is 3.97. The molecule has 0 aliphatic rings. The minimum atomic E-state index is -0.137. The van der Waals surface area contributed by atoms with Gasteiger partial charge in [0.05, 0.1) is 19.6 Å². The highest BCUT2D eigenvalue weighted by Gasteiger charge is 2.11. The number of rotatable bonds is 2. The van der Waals surface area contributed by atoms with Crippen molar-refractivity contribution in [2.45, 2.75) is 0 Å². The van der Waals surface area contributed by atoms with E-state index in [2.05, 4.69) is 15.9 Å². The van der Waals surface area contributed by atoms with Crippen LogP contribution in [0.1, 0.15) is 0 Å². The summed E-state index contributed by atoms with van der Waals surface area (Å²) in [5.74, 6) is 1.03. The van der Waals surface area contributed by atoms with Gasteiger partial charge in [-0.15, -0.1) is 0 Å². The Kier molecular flexibility index (Phi) is 2.87. The molecule has 0 saturated carbocycles. The maximum Gasteiger partial charge on any atom is 0.206 e. The molecule has 0 atom stereocenters. The van der Waals surface area contributed by atoms with Crippen molar-refractivity contribution in [2.24, 2.45) is 0 Å². The van der Waals surface area contributed by atoms with Gasteiger partial charge in [0.2, 0.25) is 5.43 Å². The fourth-order valence-electron chi connectivity index (χ4n) is 1.43. The summed E-state index contributed by atoms with van der Waals surface area (Å²) in [7, 11) is 3.05. The summed E-state index contributed by atoms with van der Waals surface area (Å²) < 4.78 is 15.9. The zero-order chi connectivity index (χ0) is 11.7. The molecular weight excluding hydrogens is 276 g/mol. The molecule has 16 heavy (non-hydrogen) atoms. The predicted octanol–water partition coefficient (Wildman–Crippen LogP) is 2.57. The molecule has 0 N–H and O–H groups in total. The third-order valence-electron chi connectivity index (χ3n) is 2.24. The van der Waals surface area contributed by atoms with Crippen molar-refractivity contribution in [3.8, 4) is 11.5 Å². The lowest BCUT2D eigenvalue weighted by Crippen LogP contribution is -2.02. The third kappa shape index (κ3) is 1.67. The normalized spacial score (nSPS) is 10.4. The maximum atomic E-state index is 11.8. The predicted molar refractivity (Wildman–Crippen MR) is 63.3 cm³/mol. The average molecular weight is 285 g/mol. The minimum absolute atomic E-state index is 0.137. The van der Waals surface area contributed by atoms with Gasteiger partial charge in [-0.1, -0.05) is 0 Å². The van der Waals surface area contributed by atoms with Crippen LogP contribution in [0.4, 0.5) is 0 Å². The number of fused-ring (bicyclic) bond motifs is 1. The molecular formula is C11H9BrO4. The monoisotopic (exact) mass is 284 g/mol. The number of ether oxygens (including phenoxy) is 2. The maximum absolute atomic E-state index is 11.8. The first kappa shape index (κ1) is 11.0. The summed E-state index contributed by atoms with van der Waals surface area (Å²) in [6.45, 7) is 0. The highest BCUT2D eigenvalue weighted by atomic mass is 79.9. The molecule has 0 saturated heterocycles. The summed E-state index contributed by atoms with van der Waals surface area (Å²) >= 11 is 3.12. The van der Waals surface area contributed by atoms with Gasteiger partial charge in [-0.25, -0.2) is 0 Å². The van der Waals surface area contributed by atoms with Crippen LogP contribution in [0.2, 0.25) is 0 Å². The molecule has 0 radical (unpaired) electrons. The average Bonchev–Trinajstić information content (AvgIpc) is 2.32. The van der Waals surface area contributed by atoms with Crippen molar-refractivity contribution in [1.29, 1.82) is 0 Å². The molecule has 0 fully saturated rings. The zero-order valence-electron chi connectivity index (χ0n) is 8.74. The summed E-state index contributed by atoms with van der Waals surface area (Å²) in [6, 6.07) is 3.23. The van der Waals surface area contributed by atoms with Crippen LogP contribution >= 0.6 is 15.9 Å². The lowest BCUT2D eigenvalue weighted by atomic mass is 10.2. The first-order valence-corrected chi connectivity index (χ1v) is 5.29. The van der Waals surface area contributed by atoms with Crippen LogP contribution in [-0.4, -0.2) is 14.2 Å². The van der Waals surface area contributed by atoms with E-state index in [0.717, 1.165) is 0 Å². The number of halogens is 1. The second kappa shape index (κ2) is 4.17. The van der Waals surface area contributed by atoms with Crippen LogP contribution in [0.5, 0.6) is 11.5 Å². The van der Waals surface area contributed by atoms with Crippen molar-refractivity contribution < 1.29 is 13.9 Å². The van der Waals surface area contributed by atoms with Gasteiger partial charge < -0.3 is 13.9 Å². The Morgan fingerprint density at radius 3 is 2.44 bits per heavy atom. The van der Waals surface area contributed by atoms with E-state index in [0.29, 0.717) is 26.9 Å². The van der Waals surface area contributed by atoms with Crippen molar-refractivity contribution in [3.05, 3.63) is 33.1 Å². The highest BCUT2D eigenvalue weighted by Crippen LogP contribution is 2.31. The van der Waals surface area contributed by atoms with Crippen LogP contribution in [0.25, 0.3) is 11.0 Å². The topological polar surface area (TPSA) is 48.7 Å². The van der Waals surface area contributed by atoms with E-state index < -0.39 is 0 Å². The standard InChI is InChI=1S/C11H9BrO4/c1-14-9-3-6-8(4-10(9)15-2)16-5-7(12)11(6)13/h3-5H,1-2H3. The molecule has 2 aromatic rings. The summed E-state index contributed by atoms with van der Waals surface area (Å²) in [4.78, 5) is 11.8. The number of methoxy groups -OCH3 is 2. The molecule has 4 nitrogen and oxygen atoms in total. The molecule has 84 valence electrons. The fraction of sp³-hybridized carbons (Fsp3) is 0.182. The fourth-order valence-corrected chi connectivity index (χ4v) is 1.74. The second-order valence-electron chi connectivity index (χ2n) is 3.12. The van der Waals surface area contributed by atoms with Gasteiger partial charge >= 0.3 is 0 Å². The van der Waals surface area contributed by atoms with E-state index >= 15 is 0 Å². The van der Waals surface area contributed by atoms with Crippen LogP contribution < -0.4 is 14.9 Å². The molecule has 5 heteroatoms. The number of hydrogen-bond donors (Lipinski definition) is 0. The Hall–Kier alpha value is -1.49. The lowest BCUT2D eigenvalue weighted by molar-refractivity contribution is 0.355. The van der Waals surface area contributed by atoms with E-state index in [-0.39, 0.29) is 5.43 Å². The van der Waals surface area contributed by atoms with Crippen molar-refractivity contribution in [3.63, 3.8) is 0 Å². The highest BCUT2D eigenvalue weighted by molar-refractivity contribution is 9.10. The van der Waals surface area contributed by atoms with Crippen molar-refractivity contribution in [1.82, 2.24) is 0 Å². The molecule has 0 amide bonds. The number of benzene rings is 1. The zero-order valence-corrected chi connectivity index (χ0v) is 10.3. The smallest absolute Gasteiger partial charge is 0.206 e. The molecule has 0 bridgehead atoms. The SMILES string of the molecule is COc1cc2occ(Br)c(=O)c2cc1OC. The van der Waals surface area contributed by atoms with Crippen LogP contribution in [0.3, 0.4) is 0 Å². The quantitative estimate of drug-likeness (QED) is 0.851. The molecule has 0 aliphatic heterocycles. The Labute approximate surface area is 99.9 Å². The first-order valence-electron chi connectivity index (χ1n) is 4.50. The summed E-state index contributed by atoms with van der Waals surface area (Å²) in [5.41, 5.74) is 0.327. The van der Waals surface area contributed by atoms with Crippen LogP contribution in [-0.2, 0) is 0 Å². The first-order chi connectivity index (χ1) is 7.67.